The zero-order valence-electron chi connectivity index (χ0n) is 22.4. The fourth-order valence-electron chi connectivity index (χ4n) is 4.22. The van der Waals surface area contributed by atoms with E-state index in [0.717, 1.165) is 27.1 Å². The van der Waals surface area contributed by atoms with Crippen molar-refractivity contribution >= 4 is 39.0 Å². The predicted octanol–water partition coefficient (Wildman–Crippen LogP) is 5.90. The third-order valence-corrected chi connectivity index (χ3v) is 6.44. The highest BCUT2D eigenvalue weighted by Gasteiger charge is 2.15. The number of fused-ring (bicyclic) bond motifs is 1. The summed E-state index contributed by atoms with van der Waals surface area (Å²) in [6.07, 6.45) is 1.52. The van der Waals surface area contributed by atoms with E-state index in [9.17, 15) is 9.59 Å². The maximum atomic E-state index is 13.3. The zero-order chi connectivity index (χ0) is 27.6. The lowest BCUT2D eigenvalue weighted by molar-refractivity contribution is -0.149. The lowest BCUT2D eigenvalue weighted by atomic mass is 10.2. The number of rotatable bonds is 8. The van der Waals surface area contributed by atoms with Gasteiger partial charge in [-0.3, -0.25) is 4.79 Å². The van der Waals surface area contributed by atoms with E-state index in [0.29, 0.717) is 22.5 Å². The van der Waals surface area contributed by atoms with Crippen molar-refractivity contribution in [2.24, 2.45) is 5.10 Å². The number of aryl methyl sites for hydroxylation is 1. The molecule has 0 saturated carbocycles. The smallest absolute Gasteiger partial charge is 0.344 e. The Labute approximate surface area is 230 Å². The second-order valence-electron chi connectivity index (χ2n) is 9.63. The number of carbonyl (C=O) groups excluding carboxylic acids is 1. The van der Waals surface area contributed by atoms with Crippen LogP contribution >= 0.6 is 15.9 Å². The monoisotopic (exact) mass is 578 g/mol. The fraction of sp³-hybridized carbons (Fsp3) is 0.310. The van der Waals surface area contributed by atoms with Gasteiger partial charge in [-0.1, -0.05) is 29.8 Å². The average Bonchev–Trinajstić information content (AvgIpc) is 3.14. The summed E-state index contributed by atoms with van der Waals surface area (Å²) < 4.78 is 14.9. The number of aromatic nitrogens is 3. The molecule has 2 aromatic carbocycles. The molecule has 0 bridgehead atoms. The Morgan fingerprint density at radius 3 is 2.45 bits per heavy atom. The Morgan fingerprint density at radius 1 is 1.08 bits per heavy atom. The molecule has 4 rings (SSSR count). The summed E-state index contributed by atoms with van der Waals surface area (Å²) in [5.41, 5.74) is 4.24. The SMILES string of the molecule is Cc1cc(C=Nn2c(C(C)C)nc3ccc(Br)cc3c2=O)c(C)n1-c1ccc(OCC(=O)OC(C)C)cc1. The van der Waals surface area contributed by atoms with Crippen molar-refractivity contribution in [1.29, 1.82) is 0 Å². The molecule has 2 heterocycles. The van der Waals surface area contributed by atoms with Gasteiger partial charge in [0.15, 0.2) is 6.61 Å². The Bertz CT molecular complexity index is 1570. The van der Waals surface area contributed by atoms with Gasteiger partial charge in [0, 0.05) is 33.0 Å². The second-order valence-corrected chi connectivity index (χ2v) is 10.5. The predicted molar refractivity (Wildman–Crippen MR) is 153 cm³/mol. The molecule has 0 N–H and O–H groups in total. The number of halogens is 1. The zero-order valence-corrected chi connectivity index (χ0v) is 23.9. The maximum absolute atomic E-state index is 13.3. The maximum Gasteiger partial charge on any atom is 0.344 e. The Balaban J connectivity index is 1.62. The molecule has 2 aromatic heterocycles. The first kappa shape index (κ1) is 27.3. The van der Waals surface area contributed by atoms with Gasteiger partial charge in [0.1, 0.15) is 11.6 Å². The molecule has 0 atom stereocenters. The van der Waals surface area contributed by atoms with Crippen molar-refractivity contribution in [2.75, 3.05) is 6.61 Å². The minimum absolute atomic E-state index is 0.00768. The summed E-state index contributed by atoms with van der Waals surface area (Å²) in [6.45, 7) is 11.5. The van der Waals surface area contributed by atoms with Crippen LogP contribution in [0.2, 0.25) is 0 Å². The average molecular weight is 579 g/mol. The highest BCUT2D eigenvalue weighted by molar-refractivity contribution is 9.10. The van der Waals surface area contributed by atoms with E-state index >= 15 is 0 Å². The van der Waals surface area contributed by atoms with Gasteiger partial charge in [-0.15, -0.1) is 0 Å². The Hall–Kier alpha value is -3.72. The van der Waals surface area contributed by atoms with Crippen LogP contribution in [0.1, 0.15) is 56.4 Å². The van der Waals surface area contributed by atoms with Gasteiger partial charge in [0.2, 0.25) is 0 Å². The van der Waals surface area contributed by atoms with E-state index < -0.39 is 5.97 Å². The molecule has 0 aliphatic rings. The van der Waals surface area contributed by atoms with E-state index in [4.69, 9.17) is 14.5 Å². The fourth-order valence-corrected chi connectivity index (χ4v) is 4.58. The molecule has 0 fully saturated rings. The molecular weight excluding hydrogens is 548 g/mol. The third-order valence-electron chi connectivity index (χ3n) is 5.95. The molecule has 8 nitrogen and oxygen atoms in total. The molecule has 0 saturated heterocycles. The lowest BCUT2D eigenvalue weighted by Crippen LogP contribution is -2.23. The molecule has 38 heavy (non-hydrogen) atoms. The number of nitrogens with zero attached hydrogens (tertiary/aromatic N) is 4. The van der Waals surface area contributed by atoms with Gasteiger partial charge in [-0.2, -0.15) is 9.78 Å². The van der Waals surface area contributed by atoms with E-state index in [1.165, 1.54) is 4.68 Å². The molecule has 198 valence electrons. The number of hydrogen-bond donors (Lipinski definition) is 0. The topological polar surface area (TPSA) is 87.7 Å². The summed E-state index contributed by atoms with van der Waals surface area (Å²) in [7, 11) is 0. The summed E-state index contributed by atoms with van der Waals surface area (Å²) in [5.74, 6) is 0.782. The van der Waals surface area contributed by atoms with Gasteiger partial charge >= 0.3 is 5.97 Å². The third kappa shape index (κ3) is 5.88. The molecule has 0 radical (unpaired) electrons. The van der Waals surface area contributed by atoms with Crippen molar-refractivity contribution in [1.82, 2.24) is 14.2 Å². The van der Waals surface area contributed by atoms with Gasteiger partial charge < -0.3 is 14.0 Å². The van der Waals surface area contributed by atoms with Gasteiger partial charge in [-0.25, -0.2) is 9.78 Å². The summed E-state index contributed by atoms with van der Waals surface area (Å²) in [5, 5.41) is 5.09. The van der Waals surface area contributed by atoms with Crippen LogP contribution in [-0.2, 0) is 9.53 Å². The quantitative estimate of drug-likeness (QED) is 0.192. The molecular formula is C29H31BrN4O4. The van der Waals surface area contributed by atoms with E-state index in [1.807, 2.05) is 70.2 Å². The first-order valence-electron chi connectivity index (χ1n) is 12.4. The standard InChI is InChI=1S/C29H31BrN4O4/c1-17(2)28-32-26-12-7-22(30)14-25(26)29(36)34(28)31-15-21-13-19(5)33(20(21)6)23-8-10-24(11-9-23)37-16-27(35)38-18(3)4/h7-15,17-18H,16H2,1-6H3. The molecule has 0 aliphatic carbocycles. The molecule has 0 unspecified atom stereocenters. The first-order chi connectivity index (χ1) is 18.0. The second kappa shape index (κ2) is 11.3. The lowest BCUT2D eigenvalue weighted by Gasteiger charge is -2.12. The van der Waals surface area contributed by atoms with Crippen molar-refractivity contribution in [2.45, 2.75) is 53.6 Å². The van der Waals surface area contributed by atoms with Crippen molar-refractivity contribution in [3.05, 3.63) is 86.1 Å². The van der Waals surface area contributed by atoms with Gasteiger partial charge in [-0.05, 0) is 76.2 Å². The van der Waals surface area contributed by atoms with Crippen molar-refractivity contribution in [3.63, 3.8) is 0 Å². The number of carbonyl (C=O) groups is 1. The van der Waals surface area contributed by atoms with Gasteiger partial charge in [0.25, 0.3) is 5.56 Å². The molecule has 4 aromatic rings. The minimum Gasteiger partial charge on any atom is -0.482 e. The largest absolute Gasteiger partial charge is 0.482 e. The van der Waals surface area contributed by atoms with Crippen molar-refractivity contribution < 1.29 is 14.3 Å². The van der Waals surface area contributed by atoms with Crippen LogP contribution in [0.3, 0.4) is 0 Å². The van der Waals surface area contributed by atoms with Crippen LogP contribution in [0, 0.1) is 13.8 Å². The Morgan fingerprint density at radius 2 is 1.79 bits per heavy atom. The minimum atomic E-state index is -0.404. The van der Waals surface area contributed by atoms with Crippen LogP contribution in [0.5, 0.6) is 5.75 Å². The van der Waals surface area contributed by atoms with Gasteiger partial charge in [0.05, 0.1) is 23.2 Å². The number of ether oxygens (including phenoxy) is 2. The van der Waals surface area contributed by atoms with Crippen LogP contribution in [0.25, 0.3) is 16.6 Å². The molecule has 9 heteroatoms. The summed E-state index contributed by atoms with van der Waals surface area (Å²) in [6, 6.07) is 15.0. The molecule has 0 aliphatic heterocycles. The van der Waals surface area contributed by atoms with Crippen LogP contribution in [0.4, 0.5) is 0 Å². The van der Waals surface area contributed by atoms with E-state index in [2.05, 4.69) is 25.6 Å². The normalized spacial score (nSPS) is 11.7. The number of benzene rings is 2. The molecule has 0 amide bonds. The van der Waals surface area contributed by atoms with Crippen LogP contribution in [0.15, 0.2) is 62.9 Å². The number of esters is 1. The summed E-state index contributed by atoms with van der Waals surface area (Å²) >= 11 is 3.44. The highest BCUT2D eigenvalue weighted by atomic mass is 79.9. The van der Waals surface area contributed by atoms with E-state index in [1.54, 1.807) is 26.1 Å². The van der Waals surface area contributed by atoms with Crippen LogP contribution in [-0.4, -0.2) is 39.1 Å². The van der Waals surface area contributed by atoms with E-state index in [-0.39, 0.29) is 24.2 Å². The first-order valence-corrected chi connectivity index (χ1v) is 13.2. The Kier molecular flexibility index (Phi) is 8.16. The van der Waals surface area contributed by atoms with Crippen LogP contribution < -0.4 is 10.3 Å². The molecule has 0 spiro atoms. The number of hydrogen-bond acceptors (Lipinski definition) is 6. The summed E-state index contributed by atoms with van der Waals surface area (Å²) in [4.78, 5) is 29.8. The van der Waals surface area contributed by atoms with Crippen molar-refractivity contribution in [3.8, 4) is 11.4 Å². The highest BCUT2D eigenvalue weighted by Crippen LogP contribution is 2.23.